The maximum absolute atomic E-state index is 11.8. The fourth-order valence-electron chi connectivity index (χ4n) is 2.08. The average Bonchev–Trinajstić information content (AvgIpc) is 3.19. The summed E-state index contributed by atoms with van der Waals surface area (Å²) in [4.78, 5) is 12.0. The van der Waals surface area contributed by atoms with Gasteiger partial charge in [0, 0.05) is 0 Å². The average molecular weight is 268 g/mol. The van der Waals surface area contributed by atoms with Crippen LogP contribution in [0.15, 0.2) is 29.2 Å². The highest BCUT2D eigenvalue weighted by molar-refractivity contribution is 7.91. The minimum absolute atomic E-state index is 0.0572. The number of esters is 1. The van der Waals surface area contributed by atoms with Crippen LogP contribution >= 0.6 is 0 Å². The summed E-state index contributed by atoms with van der Waals surface area (Å²) in [6, 6.07) is 6.64. The first-order valence-corrected chi connectivity index (χ1v) is 7.53. The number of hydrogen-bond donors (Lipinski definition) is 0. The van der Waals surface area contributed by atoms with E-state index in [2.05, 4.69) is 0 Å². The molecule has 0 amide bonds. The first-order valence-electron chi connectivity index (χ1n) is 5.88. The van der Waals surface area contributed by atoms with Crippen molar-refractivity contribution in [3.8, 4) is 0 Å². The third-order valence-electron chi connectivity index (χ3n) is 3.45. The Morgan fingerprint density at radius 1 is 1.39 bits per heavy atom. The van der Waals surface area contributed by atoms with E-state index in [9.17, 15) is 13.2 Å². The van der Waals surface area contributed by atoms with Crippen molar-refractivity contribution in [2.45, 2.75) is 30.1 Å². The summed E-state index contributed by atoms with van der Waals surface area (Å²) in [5.74, 6) is -0.227. The van der Waals surface area contributed by atoms with Crippen LogP contribution in [0.2, 0.25) is 0 Å². The van der Waals surface area contributed by atoms with E-state index in [0.29, 0.717) is 0 Å². The van der Waals surface area contributed by atoms with Crippen LogP contribution in [0, 0.1) is 0 Å². The summed E-state index contributed by atoms with van der Waals surface area (Å²) in [5.41, 5.74) is 0.123. The summed E-state index contributed by atoms with van der Waals surface area (Å²) >= 11 is 0. The predicted molar refractivity (Wildman–Crippen MR) is 67.1 cm³/mol. The number of rotatable bonds is 4. The Balaban J connectivity index is 2.44. The van der Waals surface area contributed by atoms with Crippen LogP contribution in [-0.2, 0) is 24.8 Å². The van der Waals surface area contributed by atoms with E-state index in [0.717, 1.165) is 18.4 Å². The van der Waals surface area contributed by atoms with Crippen molar-refractivity contribution in [2.24, 2.45) is 0 Å². The molecule has 5 heteroatoms. The van der Waals surface area contributed by atoms with E-state index >= 15 is 0 Å². The zero-order valence-electron chi connectivity index (χ0n) is 10.5. The number of methoxy groups -OCH3 is 1. The lowest BCUT2D eigenvalue weighted by Crippen LogP contribution is -2.22. The molecule has 18 heavy (non-hydrogen) atoms. The molecule has 98 valence electrons. The third kappa shape index (κ3) is 2.03. The van der Waals surface area contributed by atoms with Crippen molar-refractivity contribution < 1.29 is 17.9 Å². The Bertz CT molecular complexity index is 570. The zero-order chi connectivity index (χ0) is 13.4. The summed E-state index contributed by atoms with van der Waals surface area (Å²) < 4.78 is 28.4. The summed E-state index contributed by atoms with van der Waals surface area (Å²) in [7, 11) is -1.88. The molecule has 0 saturated heterocycles. The van der Waals surface area contributed by atoms with E-state index in [4.69, 9.17) is 4.74 Å². The van der Waals surface area contributed by atoms with Crippen molar-refractivity contribution in [2.75, 3.05) is 12.9 Å². The van der Waals surface area contributed by atoms with Gasteiger partial charge in [0.05, 0.1) is 23.2 Å². The lowest BCUT2D eigenvalue weighted by molar-refractivity contribution is -0.143. The molecule has 0 radical (unpaired) electrons. The number of carbonyl (C=O) groups excluding carboxylic acids is 1. The smallest absolute Gasteiger partial charge is 0.316 e. The number of hydrogen-bond acceptors (Lipinski definition) is 4. The first kappa shape index (κ1) is 13.1. The molecule has 1 aliphatic rings. The standard InChI is InChI=1S/C13H16O4S/c1-3-18(15,16)11-6-4-5-10(9-11)13(7-8-13)12(14)17-2/h4-6,9H,3,7-8H2,1-2H3. The predicted octanol–water partition coefficient (Wildman–Crippen LogP) is 1.68. The Morgan fingerprint density at radius 3 is 2.56 bits per heavy atom. The minimum atomic E-state index is -3.24. The van der Waals surface area contributed by atoms with Crippen molar-refractivity contribution in [3.63, 3.8) is 0 Å². The lowest BCUT2D eigenvalue weighted by atomic mass is 9.96. The fourth-order valence-corrected chi connectivity index (χ4v) is 3.01. The van der Waals surface area contributed by atoms with Crippen LogP contribution in [0.1, 0.15) is 25.3 Å². The lowest BCUT2D eigenvalue weighted by Gasteiger charge is -2.14. The van der Waals surface area contributed by atoms with Crippen LogP contribution < -0.4 is 0 Å². The van der Waals surface area contributed by atoms with Gasteiger partial charge in [0.25, 0.3) is 0 Å². The Hall–Kier alpha value is -1.36. The highest BCUT2D eigenvalue weighted by Crippen LogP contribution is 2.49. The van der Waals surface area contributed by atoms with Crippen molar-refractivity contribution in [1.29, 1.82) is 0 Å². The fraction of sp³-hybridized carbons (Fsp3) is 0.462. The van der Waals surface area contributed by atoms with Crippen molar-refractivity contribution in [1.82, 2.24) is 0 Å². The van der Waals surface area contributed by atoms with Crippen LogP contribution in [0.5, 0.6) is 0 Å². The van der Waals surface area contributed by atoms with E-state index in [1.807, 2.05) is 0 Å². The van der Waals surface area contributed by atoms with E-state index in [-0.39, 0.29) is 16.6 Å². The molecule has 1 saturated carbocycles. The Labute approximate surface area is 107 Å². The second-order valence-corrected chi connectivity index (χ2v) is 6.78. The molecule has 0 unspecified atom stereocenters. The van der Waals surface area contributed by atoms with Crippen molar-refractivity contribution >= 4 is 15.8 Å². The molecule has 0 aromatic heterocycles. The molecular formula is C13H16O4S. The number of carbonyl (C=O) groups is 1. The molecule has 0 N–H and O–H groups in total. The second kappa shape index (κ2) is 4.39. The second-order valence-electron chi connectivity index (χ2n) is 4.50. The molecule has 0 atom stereocenters. The topological polar surface area (TPSA) is 60.4 Å². The van der Waals surface area contributed by atoms with Crippen LogP contribution in [-0.4, -0.2) is 27.2 Å². The molecule has 2 rings (SSSR count). The van der Waals surface area contributed by atoms with Gasteiger partial charge in [-0.25, -0.2) is 8.42 Å². The zero-order valence-corrected chi connectivity index (χ0v) is 11.3. The molecule has 4 nitrogen and oxygen atoms in total. The molecule has 1 aliphatic carbocycles. The molecule has 0 aliphatic heterocycles. The van der Waals surface area contributed by atoms with E-state index in [1.54, 1.807) is 31.2 Å². The number of sulfone groups is 1. The largest absolute Gasteiger partial charge is 0.468 e. The third-order valence-corrected chi connectivity index (χ3v) is 5.18. The van der Waals surface area contributed by atoms with Gasteiger partial charge < -0.3 is 4.74 Å². The SMILES string of the molecule is CCS(=O)(=O)c1cccc(C2(C(=O)OC)CC2)c1. The summed E-state index contributed by atoms with van der Waals surface area (Å²) in [6.45, 7) is 1.61. The quantitative estimate of drug-likeness (QED) is 0.780. The minimum Gasteiger partial charge on any atom is -0.468 e. The van der Waals surface area contributed by atoms with Gasteiger partial charge in [-0.15, -0.1) is 0 Å². The molecule has 1 aromatic rings. The first-order chi connectivity index (χ1) is 8.46. The number of ether oxygens (including phenoxy) is 1. The molecule has 1 fully saturated rings. The normalized spacial score (nSPS) is 17.2. The van der Waals surface area contributed by atoms with Gasteiger partial charge in [-0.3, -0.25) is 4.79 Å². The van der Waals surface area contributed by atoms with Gasteiger partial charge >= 0.3 is 5.97 Å². The van der Waals surface area contributed by atoms with Crippen LogP contribution in [0.4, 0.5) is 0 Å². The van der Waals surface area contributed by atoms with Gasteiger partial charge in [-0.05, 0) is 30.5 Å². The summed E-state index contributed by atoms with van der Waals surface area (Å²) in [5, 5.41) is 0. The maximum Gasteiger partial charge on any atom is 0.316 e. The molecule has 0 bridgehead atoms. The van der Waals surface area contributed by atoms with Gasteiger partial charge in [-0.1, -0.05) is 19.1 Å². The van der Waals surface area contributed by atoms with Gasteiger partial charge in [0.15, 0.2) is 9.84 Å². The van der Waals surface area contributed by atoms with E-state index < -0.39 is 15.3 Å². The highest BCUT2D eigenvalue weighted by Gasteiger charge is 2.52. The van der Waals surface area contributed by atoms with Crippen LogP contribution in [0.3, 0.4) is 0 Å². The Morgan fingerprint density at radius 2 is 2.06 bits per heavy atom. The highest BCUT2D eigenvalue weighted by atomic mass is 32.2. The molecule has 1 aromatic carbocycles. The van der Waals surface area contributed by atoms with Crippen molar-refractivity contribution in [3.05, 3.63) is 29.8 Å². The molecule has 0 spiro atoms. The van der Waals surface area contributed by atoms with Gasteiger partial charge in [0.2, 0.25) is 0 Å². The monoisotopic (exact) mass is 268 g/mol. The van der Waals surface area contributed by atoms with Gasteiger partial charge in [-0.2, -0.15) is 0 Å². The Kier molecular flexibility index (Phi) is 3.19. The van der Waals surface area contributed by atoms with E-state index in [1.165, 1.54) is 7.11 Å². The van der Waals surface area contributed by atoms with Gasteiger partial charge in [0.1, 0.15) is 0 Å². The number of benzene rings is 1. The molecular weight excluding hydrogens is 252 g/mol. The molecule has 0 heterocycles. The summed E-state index contributed by atoms with van der Waals surface area (Å²) in [6.07, 6.45) is 1.44. The maximum atomic E-state index is 11.8. The van der Waals surface area contributed by atoms with Crippen LogP contribution in [0.25, 0.3) is 0 Å².